The molecule has 0 saturated carbocycles. The first-order valence-electron chi connectivity index (χ1n) is 7.49. The molecule has 1 aliphatic heterocycles. The standard InChI is InChI=1S/C14H28N4O2/c1-4-15-13(19)10-17-5-7-18(8-6-17)11-14(20)16-9-12(2)3/h12H,4-11H2,1-3H3,(H,15,19)(H,16,20). The molecule has 0 atom stereocenters. The van der Waals surface area contributed by atoms with Crippen LogP contribution in [0.25, 0.3) is 0 Å². The van der Waals surface area contributed by atoms with Crippen molar-refractivity contribution in [2.45, 2.75) is 20.8 Å². The predicted molar refractivity (Wildman–Crippen MR) is 79.4 cm³/mol. The van der Waals surface area contributed by atoms with E-state index in [1.807, 2.05) is 6.92 Å². The molecule has 6 nitrogen and oxygen atoms in total. The molecule has 0 spiro atoms. The van der Waals surface area contributed by atoms with Crippen molar-refractivity contribution in [1.82, 2.24) is 20.4 Å². The van der Waals surface area contributed by atoms with Gasteiger partial charge in [0.25, 0.3) is 0 Å². The lowest BCUT2D eigenvalue weighted by molar-refractivity contribution is -0.125. The number of hydrogen-bond acceptors (Lipinski definition) is 4. The minimum absolute atomic E-state index is 0.0793. The van der Waals surface area contributed by atoms with Crippen LogP contribution in [0.2, 0.25) is 0 Å². The van der Waals surface area contributed by atoms with Crippen LogP contribution in [0.3, 0.4) is 0 Å². The topological polar surface area (TPSA) is 64.7 Å². The van der Waals surface area contributed by atoms with Crippen molar-refractivity contribution in [2.75, 3.05) is 52.4 Å². The molecule has 1 aliphatic rings. The first-order valence-corrected chi connectivity index (χ1v) is 7.49. The third-order valence-corrected chi connectivity index (χ3v) is 3.28. The van der Waals surface area contributed by atoms with Gasteiger partial charge < -0.3 is 10.6 Å². The number of amides is 2. The Balaban J connectivity index is 2.18. The molecule has 1 heterocycles. The summed E-state index contributed by atoms with van der Waals surface area (Å²) in [5.41, 5.74) is 0. The maximum atomic E-state index is 11.7. The lowest BCUT2D eigenvalue weighted by Crippen LogP contribution is -2.51. The normalized spacial score (nSPS) is 17.2. The number of nitrogens with zero attached hydrogens (tertiary/aromatic N) is 2. The number of likely N-dealkylation sites (N-methyl/N-ethyl adjacent to an activating group) is 1. The van der Waals surface area contributed by atoms with Gasteiger partial charge in [-0.05, 0) is 12.8 Å². The second-order valence-electron chi connectivity index (χ2n) is 5.70. The van der Waals surface area contributed by atoms with Crippen LogP contribution in [0.5, 0.6) is 0 Å². The highest BCUT2D eigenvalue weighted by molar-refractivity contribution is 5.78. The summed E-state index contributed by atoms with van der Waals surface area (Å²) in [5.74, 6) is 0.652. The number of nitrogens with one attached hydrogen (secondary N) is 2. The van der Waals surface area contributed by atoms with E-state index >= 15 is 0 Å². The summed E-state index contributed by atoms with van der Waals surface area (Å²) in [7, 11) is 0. The fourth-order valence-corrected chi connectivity index (χ4v) is 2.14. The molecule has 116 valence electrons. The molecule has 2 amide bonds. The monoisotopic (exact) mass is 284 g/mol. The number of rotatable bonds is 7. The average Bonchev–Trinajstić information content (AvgIpc) is 2.39. The second kappa shape index (κ2) is 8.92. The quantitative estimate of drug-likeness (QED) is 0.662. The molecule has 20 heavy (non-hydrogen) atoms. The van der Waals surface area contributed by atoms with E-state index in [0.29, 0.717) is 25.6 Å². The van der Waals surface area contributed by atoms with Gasteiger partial charge in [-0.1, -0.05) is 13.8 Å². The van der Waals surface area contributed by atoms with Gasteiger partial charge in [0, 0.05) is 39.3 Å². The summed E-state index contributed by atoms with van der Waals surface area (Å²) in [5, 5.41) is 5.74. The van der Waals surface area contributed by atoms with E-state index in [1.54, 1.807) is 0 Å². The summed E-state index contributed by atoms with van der Waals surface area (Å²) in [6.07, 6.45) is 0. The van der Waals surface area contributed by atoms with Crippen molar-refractivity contribution < 1.29 is 9.59 Å². The van der Waals surface area contributed by atoms with E-state index in [0.717, 1.165) is 32.7 Å². The maximum absolute atomic E-state index is 11.7. The van der Waals surface area contributed by atoms with Gasteiger partial charge in [-0.25, -0.2) is 0 Å². The highest BCUT2D eigenvalue weighted by atomic mass is 16.2. The molecule has 0 radical (unpaired) electrons. The molecule has 1 rings (SSSR count). The van der Waals surface area contributed by atoms with Crippen LogP contribution in [0, 0.1) is 5.92 Å². The lowest BCUT2D eigenvalue weighted by Gasteiger charge is -2.33. The van der Waals surface area contributed by atoms with Crippen LogP contribution < -0.4 is 10.6 Å². The number of piperazine rings is 1. The van der Waals surface area contributed by atoms with Crippen molar-refractivity contribution in [2.24, 2.45) is 5.92 Å². The van der Waals surface area contributed by atoms with Crippen LogP contribution in [-0.2, 0) is 9.59 Å². The Morgan fingerprint density at radius 2 is 1.40 bits per heavy atom. The molecule has 0 aliphatic carbocycles. The van der Waals surface area contributed by atoms with E-state index in [2.05, 4.69) is 34.3 Å². The number of carbonyl (C=O) groups excluding carboxylic acids is 2. The Hall–Kier alpha value is -1.14. The van der Waals surface area contributed by atoms with E-state index in [4.69, 9.17) is 0 Å². The van der Waals surface area contributed by atoms with Crippen LogP contribution in [0.15, 0.2) is 0 Å². The Bertz CT molecular complexity index is 312. The summed E-state index contributed by atoms with van der Waals surface area (Å²) < 4.78 is 0. The molecule has 0 aromatic carbocycles. The molecule has 1 saturated heterocycles. The van der Waals surface area contributed by atoms with E-state index in [9.17, 15) is 9.59 Å². The SMILES string of the molecule is CCNC(=O)CN1CCN(CC(=O)NCC(C)C)CC1. The molecule has 6 heteroatoms. The van der Waals surface area contributed by atoms with Gasteiger partial charge in [-0.3, -0.25) is 19.4 Å². The summed E-state index contributed by atoms with van der Waals surface area (Å²) in [6.45, 7) is 11.8. The van der Waals surface area contributed by atoms with Crippen molar-refractivity contribution in [3.8, 4) is 0 Å². The van der Waals surface area contributed by atoms with Gasteiger partial charge in [0.1, 0.15) is 0 Å². The number of carbonyl (C=O) groups is 2. The van der Waals surface area contributed by atoms with Gasteiger partial charge >= 0.3 is 0 Å². The summed E-state index contributed by atoms with van der Waals surface area (Å²) in [4.78, 5) is 27.5. The average molecular weight is 284 g/mol. The first-order chi connectivity index (χ1) is 9.51. The maximum Gasteiger partial charge on any atom is 0.234 e. The van der Waals surface area contributed by atoms with Crippen LogP contribution in [-0.4, -0.2) is 74.0 Å². The van der Waals surface area contributed by atoms with Gasteiger partial charge in [0.15, 0.2) is 0 Å². The van der Waals surface area contributed by atoms with Gasteiger partial charge in [0.2, 0.25) is 11.8 Å². The smallest absolute Gasteiger partial charge is 0.234 e. The molecule has 2 N–H and O–H groups in total. The van der Waals surface area contributed by atoms with Crippen molar-refractivity contribution in [1.29, 1.82) is 0 Å². The van der Waals surface area contributed by atoms with E-state index in [-0.39, 0.29) is 11.8 Å². The Labute approximate surface area is 121 Å². The van der Waals surface area contributed by atoms with Gasteiger partial charge in [-0.2, -0.15) is 0 Å². The molecule has 0 unspecified atom stereocenters. The fraction of sp³-hybridized carbons (Fsp3) is 0.857. The molecular weight excluding hydrogens is 256 g/mol. The summed E-state index contributed by atoms with van der Waals surface area (Å²) in [6, 6.07) is 0. The van der Waals surface area contributed by atoms with E-state index < -0.39 is 0 Å². The highest BCUT2D eigenvalue weighted by Gasteiger charge is 2.20. The zero-order chi connectivity index (χ0) is 15.0. The minimum atomic E-state index is 0.0793. The molecule has 0 bridgehead atoms. The molecule has 0 aromatic heterocycles. The zero-order valence-electron chi connectivity index (χ0n) is 12.9. The molecule has 1 fully saturated rings. The third-order valence-electron chi connectivity index (χ3n) is 3.28. The van der Waals surface area contributed by atoms with Crippen molar-refractivity contribution >= 4 is 11.8 Å². The van der Waals surface area contributed by atoms with Crippen molar-refractivity contribution in [3.05, 3.63) is 0 Å². The van der Waals surface area contributed by atoms with E-state index in [1.165, 1.54) is 0 Å². The Morgan fingerprint density at radius 1 is 0.950 bits per heavy atom. The van der Waals surface area contributed by atoms with Crippen LogP contribution in [0.4, 0.5) is 0 Å². The second-order valence-corrected chi connectivity index (χ2v) is 5.70. The zero-order valence-corrected chi connectivity index (χ0v) is 12.9. The van der Waals surface area contributed by atoms with Crippen LogP contribution >= 0.6 is 0 Å². The van der Waals surface area contributed by atoms with Gasteiger partial charge in [-0.15, -0.1) is 0 Å². The molecular formula is C14H28N4O2. The lowest BCUT2D eigenvalue weighted by atomic mass is 10.2. The minimum Gasteiger partial charge on any atom is -0.355 e. The largest absolute Gasteiger partial charge is 0.355 e. The summed E-state index contributed by atoms with van der Waals surface area (Å²) >= 11 is 0. The molecule has 0 aromatic rings. The Morgan fingerprint density at radius 3 is 1.80 bits per heavy atom. The first kappa shape index (κ1) is 16.9. The number of hydrogen-bond donors (Lipinski definition) is 2. The Kier molecular flexibility index (Phi) is 7.54. The highest BCUT2D eigenvalue weighted by Crippen LogP contribution is 2.01. The van der Waals surface area contributed by atoms with Crippen LogP contribution in [0.1, 0.15) is 20.8 Å². The third kappa shape index (κ3) is 6.86. The fourth-order valence-electron chi connectivity index (χ4n) is 2.14. The van der Waals surface area contributed by atoms with Crippen molar-refractivity contribution in [3.63, 3.8) is 0 Å². The van der Waals surface area contributed by atoms with Gasteiger partial charge in [0.05, 0.1) is 13.1 Å². The predicted octanol–water partition coefficient (Wildman–Crippen LogP) is -0.488.